The van der Waals surface area contributed by atoms with Gasteiger partial charge in [0.1, 0.15) is 0 Å². The van der Waals surface area contributed by atoms with Gasteiger partial charge in [0.05, 0.1) is 28.6 Å². The smallest absolute Gasteiger partial charge is 0.0825 e. The lowest BCUT2D eigenvalue weighted by Gasteiger charge is -2.44. The molecule has 25 heavy (non-hydrogen) atoms. The number of hydrogen-bond donors (Lipinski definition) is 0. The highest BCUT2D eigenvalue weighted by Crippen LogP contribution is 2.52. The van der Waals surface area contributed by atoms with Crippen molar-refractivity contribution in [3.63, 3.8) is 0 Å². The molecule has 0 radical (unpaired) electrons. The van der Waals surface area contributed by atoms with Crippen LogP contribution in [0, 0.1) is 6.92 Å². The maximum absolute atomic E-state index is 2.73. The summed E-state index contributed by atoms with van der Waals surface area (Å²) in [4.78, 5) is 5.23. The minimum atomic E-state index is 0.451. The van der Waals surface area contributed by atoms with E-state index in [2.05, 4.69) is 70.8 Å². The molecule has 3 aromatic rings. The van der Waals surface area contributed by atoms with Crippen LogP contribution >= 0.6 is 0 Å². The first-order chi connectivity index (χ1) is 12.2. The third-order valence-corrected chi connectivity index (χ3v) is 6.59. The van der Waals surface area contributed by atoms with Crippen molar-refractivity contribution in [1.82, 2.24) is 9.47 Å². The second-order valence-electron chi connectivity index (χ2n) is 7.92. The Hall–Kier alpha value is -2.26. The summed E-state index contributed by atoms with van der Waals surface area (Å²) in [6, 6.07) is 17.0. The molecular weight excluding hydrogens is 306 g/mol. The number of aromatic nitrogens is 1. The third-order valence-electron chi connectivity index (χ3n) is 6.59. The zero-order valence-corrected chi connectivity index (χ0v) is 14.9. The molecule has 3 nitrogen and oxygen atoms in total. The number of benzene rings is 2. The van der Waals surface area contributed by atoms with Crippen LogP contribution in [0.25, 0.3) is 16.6 Å². The first-order valence-electron chi connectivity index (χ1n) is 9.45. The number of anilines is 1. The van der Waals surface area contributed by atoms with Gasteiger partial charge in [0.25, 0.3) is 0 Å². The monoisotopic (exact) mass is 329 g/mol. The molecule has 0 N–H and O–H groups in total. The number of para-hydroxylation sites is 2. The molecule has 6 rings (SSSR count). The number of likely N-dealkylation sites (N-methyl/N-ethyl adjacent to an activating group) is 1. The van der Waals surface area contributed by atoms with Crippen molar-refractivity contribution in [3.05, 3.63) is 59.3 Å². The van der Waals surface area contributed by atoms with Crippen LogP contribution in [0.5, 0.6) is 0 Å². The van der Waals surface area contributed by atoms with Crippen LogP contribution < -0.4 is 4.90 Å². The van der Waals surface area contributed by atoms with E-state index in [-0.39, 0.29) is 0 Å². The molecular formula is C22H23N3. The third kappa shape index (κ3) is 1.65. The number of hydrogen-bond acceptors (Lipinski definition) is 2. The highest BCUT2D eigenvalue weighted by Gasteiger charge is 2.44. The van der Waals surface area contributed by atoms with Crippen molar-refractivity contribution in [3.8, 4) is 5.69 Å². The molecule has 1 saturated heterocycles. The van der Waals surface area contributed by atoms with Gasteiger partial charge in [-0.2, -0.15) is 0 Å². The van der Waals surface area contributed by atoms with E-state index >= 15 is 0 Å². The molecule has 0 bridgehead atoms. The van der Waals surface area contributed by atoms with Gasteiger partial charge in [-0.05, 0) is 50.6 Å². The fourth-order valence-corrected chi connectivity index (χ4v) is 5.49. The van der Waals surface area contributed by atoms with Gasteiger partial charge < -0.3 is 9.47 Å². The van der Waals surface area contributed by atoms with E-state index in [4.69, 9.17) is 0 Å². The van der Waals surface area contributed by atoms with Crippen LogP contribution in [-0.2, 0) is 0 Å². The summed E-state index contributed by atoms with van der Waals surface area (Å²) in [5.41, 5.74) is 8.58. The molecule has 1 fully saturated rings. The highest BCUT2D eigenvalue weighted by molar-refractivity contribution is 5.91. The summed E-state index contributed by atoms with van der Waals surface area (Å²) in [5, 5.41) is 1.47. The summed E-state index contributed by atoms with van der Waals surface area (Å²) in [6.45, 7) is 4.61. The van der Waals surface area contributed by atoms with Crippen LogP contribution in [0.2, 0.25) is 0 Å². The minimum Gasteiger partial charge on any atom is -0.363 e. The second kappa shape index (κ2) is 4.67. The topological polar surface area (TPSA) is 11.4 Å². The van der Waals surface area contributed by atoms with E-state index in [1.54, 1.807) is 11.3 Å². The van der Waals surface area contributed by atoms with Gasteiger partial charge in [0.15, 0.2) is 0 Å². The average Bonchev–Trinajstić information content (AvgIpc) is 3.21. The van der Waals surface area contributed by atoms with Gasteiger partial charge in [0.2, 0.25) is 0 Å². The van der Waals surface area contributed by atoms with Crippen molar-refractivity contribution in [2.75, 3.05) is 25.0 Å². The van der Waals surface area contributed by atoms with Gasteiger partial charge in [-0.25, -0.2) is 0 Å². The molecule has 2 unspecified atom stereocenters. The predicted molar refractivity (Wildman–Crippen MR) is 103 cm³/mol. The summed E-state index contributed by atoms with van der Waals surface area (Å²) in [7, 11) is 2.27. The Kier molecular flexibility index (Phi) is 2.61. The van der Waals surface area contributed by atoms with Crippen LogP contribution in [0.4, 0.5) is 5.69 Å². The Labute approximate surface area is 148 Å². The van der Waals surface area contributed by atoms with E-state index in [0.29, 0.717) is 12.1 Å². The standard InChI is InChI=1S/C22H23N3/c1-14-9-10-16-15(12-14)21-19-8-5-11-24(19)13-20-22(21)25(16)18-7-4-3-6-17(18)23(20)2/h3-4,6-7,9-10,12,19-20H,5,8,11,13H2,1-2H3. The van der Waals surface area contributed by atoms with Crippen molar-refractivity contribution in [1.29, 1.82) is 0 Å². The Morgan fingerprint density at radius 2 is 1.84 bits per heavy atom. The molecule has 2 aromatic carbocycles. The van der Waals surface area contributed by atoms with E-state index in [1.807, 2.05) is 0 Å². The molecule has 0 spiro atoms. The lowest BCUT2D eigenvalue weighted by atomic mass is 9.91. The first-order valence-corrected chi connectivity index (χ1v) is 9.45. The van der Waals surface area contributed by atoms with Crippen molar-refractivity contribution >= 4 is 16.6 Å². The second-order valence-corrected chi connectivity index (χ2v) is 7.92. The maximum Gasteiger partial charge on any atom is 0.0825 e. The Morgan fingerprint density at radius 3 is 2.72 bits per heavy atom. The molecule has 0 amide bonds. The van der Waals surface area contributed by atoms with Crippen LogP contribution in [0.15, 0.2) is 42.5 Å². The number of fused-ring (bicyclic) bond motifs is 7. The van der Waals surface area contributed by atoms with Gasteiger partial charge in [-0.1, -0.05) is 23.8 Å². The summed E-state index contributed by atoms with van der Waals surface area (Å²) >= 11 is 0. The van der Waals surface area contributed by atoms with E-state index < -0.39 is 0 Å². The fourth-order valence-electron chi connectivity index (χ4n) is 5.49. The highest BCUT2D eigenvalue weighted by atomic mass is 15.3. The average molecular weight is 329 g/mol. The largest absolute Gasteiger partial charge is 0.363 e. The zero-order valence-electron chi connectivity index (χ0n) is 14.9. The first kappa shape index (κ1) is 14.0. The Bertz CT molecular complexity index is 1020. The molecule has 3 heteroatoms. The van der Waals surface area contributed by atoms with E-state index in [9.17, 15) is 0 Å². The molecule has 3 aliphatic heterocycles. The van der Waals surface area contributed by atoms with Crippen LogP contribution in [0.3, 0.4) is 0 Å². The van der Waals surface area contributed by atoms with E-state index in [1.165, 1.54) is 47.2 Å². The quantitative estimate of drug-likeness (QED) is 0.598. The SMILES string of the molecule is Cc1ccc2c(c1)c1c3n2-c2ccccc2N(C)C3CN2CCCC12. The number of nitrogens with zero attached hydrogens (tertiary/aromatic N) is 3. The Balaban J connectivity index is 1.79. The van der Waals surface area contributed by atoms with Crippen molar-refractivity contribution in [2.45, 2.75) is 31.8 Å². The summed E-state index contributed by atoms with van der Waals surface area (Å²) in [5.74, 6) is 0. The summed E-state index contributed by atoms with van der Waals surface area (Å²) < 4.78 is 2.57. The maximum atomic E-state index is 2.73. The van der Waals surface area contributed by atoms with Crippen LogP contribution in [-0.4, -0.2) is 29.6 Å². The minimum absolute atomic E-state index is 0.451. The lowest BCUT2D eigenvalue weighted by molar-refractivity contribution is 0.216. The number of rotatable bonds is 0. The molecule has 0 aliphatic carbocycles. The van der Waals surface area contributed by atoms with Gasteiger partial charge in [-0.15, -0.1) is 0 Å². The van der Waals surface area contributed by atoms with Gasteiger partial charge in [0, 0.05) is 30.6 Å². The molecule has 3 aliphatic rings. The lowest BCUT2D eigenvalue weighted by Crippen LogP contribution is -2.43. The normalized spacial score (nSPS) is 24.3. The molecule has 1 aromatic heterocycles. The Morgan fingerprint density at radius 1 is 1.00 bits per heavy atom. The predicted octanol–water partition coefficient (Wildman–Crippen LogP) is 4.58. The molecule has 2 atom stereocenters. The van der Waals surface area contributed by atoms with Crippen molar-refractivity contribution < 1.29 is 0 Å². The summed E-state index contributed by atoms with van der Waals surface area (Å²) in [6.07, 6.45) is 2.63. The molecule has 126 valence electrons. The van der Waals surface area contributed by atoms with Gasteiger partial charge in [-0.3, -0.25) is 4.90 Å². The fraction of sp³-hybridized carbons (Fsp3) is 0.364. The van der Waals surface area contributed by atoms with Gasteiger partial charge >= 0.3 is 0 Å². The number of aryl methyl sites for hydroxylation is 1. The van der Waals surface area contributed by atoms with E-state index in [0.717, 1.165) is 6.54 Å². The zero-order chi connectivity index (χ0) is 16.7. The molecule has 4 heterocycles. The molecule has 0 saturated carbocycles. The van der Waals surface area contributed by atoms with Crippen LogP contribution in [0.1, 0.15) is 41.7 Å². The van der Waals surface area contributed by atoms with Crippen molar-refractivity contribution in [2.24, 2.45) is 0 Å².